The van der Waals surface area contributed by atoms with Crippen molar-refractivity contribution in [2.75, 3.05) is 26.7 Å². The predicted molar refractivity (Wildman–Crippen MR) is 59.4 cm³/mol. The summed E-state index contributed by atoms with van der Waals surface area (Å²) in [5.74, 6) is -1.04. The Morgan fingerprint density at radius 2 is 1.88 bits per heavy atom. The number of hydrogen-bond donors (Lipinski definition) is 3. The third-order valence-electron chi connectivity index (χ3n) is 2.41. The maximum Gasteiger partial charge on any atom is 0.322 e. The van der Waals surface area contributed by atoms with Crippen LogP contribution in [-0.4, -0.2) is 54.6 Å². The number of rotatable bonds is 6. The van der Waals surface area contributed by atoms with Crippen molar-refractivity contribution >= 4 is 17.9 Å². The maximum absolute atomic E-state index is 11.5. The fourth-order valence-electron chi connectivity index (χ4n) is 1.30. The van der Waals surface area contributed by atoms with E-state index >= 15 is 0 Å². The van der Waals surface area contributed by atoms with Gasteiger partial charge >= 0.3 is 12.0 Å². The van der Waals surface area contributed by atoms with Crippen molar-refractivity contribution in [1.29, 1.82) is 0 Å². The summed E-state index contributed by atoms with van der Waals surface area (Å²) in [5, 5.41) is 12.9. The second-order valence-electron chi connectivity index (χ2n) is 4.15. The zero-order chi connectivity index (χ0) is 12.8. The van der Waals surface area contributed by atoms with Crippen molar-refractivity contribution in [3.05, 3.63) is 0 Å². The van der Waals surface area contributed by atoms with Gasteiger partial charge < -0.3 is 20.6 Å². The fraction of sp³-hybridized carbons (Fsp3) is 0.700. The van der Waals surface area contributed by atoms with E-state index < -0.39 is 18.4 Å². The molecule has 0 saturated heterocycles. The van der Waals surface area contributed by atoms with E-state index in [-0.39, 0.29) is 12.6 Å². The van der Waals surface area contributed by atoms with E-state index in [1.807, 2.05) is 0 Å². The van der Waals surface area contributed by atoms with Gasteiger partial charge in [0.1, 0.15) is 6.54 Å². The number of nitrogens with zero attached hydrogens (tertiary/aromatic N) is 1. The molecule has 0 bridgehead atoms. The van der Waals surface area contributed by atoms with Gasteiger partial charge in [-0.25, -0.2) is 4.79 Å². The van der Waals surface area contributed by atoms with Gasteiger partial charge in [-0.05, 0) is 18.8 Å². The van der Waals surface area contributed by atoms with Gasteiger partial charge in [0.2, 0.25) is 5.91 Å². The van der Waals surface area contributed by atoms with Crippen LogP contribution in [0.3, 0.4) is 0 Å². The molecule has 0 atom stereocenters. The van der Waals surface area contributed by atoms with Gasteiger partial charge in [0.15, 0.2) is 0 Å². The van der Waals surface area contributed by atoms with Crippen LogP contribution in [0.15, 0.2) is 0 Å². The van der Waals surface area contributed by atoms with Crippen LogP contribution in [0.1, 0.15) is 12.8 Å². The van der Waals surface area contributed by atoms with Gasteiger partial charge in [-0.2, -0.15) is 0 Å². The first-order chi connectivity index (χ1) is 7.99. The van der Waals surface area contributed by atoms with E-state index in [1.54, 1.807) is 7.05 Å². The molecule has 96 valence electrons. The molecule has 0 unspecified atom stereocenters. The molecule has 17 heavy (non-hydrogen) atoms. The van der Waals surface area contributed by atoms with Crippen molar-refractivity contribution < 1.29 is 19.5 Å². The summed E-state index contributed by atoms with van der Waals surface area (Å²) < 4.78 is 0. The Morgan fingerprint density at radius 1 is 1.24 bits per heavy atom. The number of carbonyl (C=O) groups is 3. The van der Waals surface area contributed by atoms with Crippen LogP contribution in [0.2, 0.25) is 0 Å². The van der Waals surface area contributed by atoms with Crippen molar-refractivity contribution in [1.82, 2.24) is 15.5 Å². The predicted octanol–water partition coefficient (Wildman–Crippen LogP) is -0.761. The highest BCUT2D eigenvalue weighted by molar-refractivity contribution is 5.86. The number of urea groups is 1. The molecule has 1 aliphatic carbocycles. The molecule has 0 aromatic carbocycles. The standard InChI is InChI=1S/C10H17N3O4/c1-13(6-7-2-3-7)10(17)12-4-8(14)11-5-9(15)16/h7H,2-6H2,1H3,(H,11,14)(H,12,17)(H,15,16). The maximum atomic E-state index is 11.5. The second-order valence-corrected chi connectivity index (χ2v) is 4.15. The Kier molecular flexibility index (Phi) is 4.74. The lowest BCUT2D eigenvalue weighted by molar-refractivity contribution is -0.137. The SMILES string of the molecule is CN(CC1CC1)C(=O)NCC(=O)NCC(=O)O. The van der Waals surface area contributed by atoms with Crippen LogP contribution in [0.25, 0.3) is 0 Å². The van der Waals surface area contributed by atoms with Crippen LogP contribution in [0, 0.1) is 5.92 Å². The number of carboxylic acids is 1. The van der Waals surface area contributed by atoms with E-state index in [9.17, 15) is 14.4 Å². The topological polar surface area (TPSA) is 98.7 Å². The molecule has 1 aliphatic rings. The minimum atomic E-state index is -1.12. The molecular formula is C10H17N3O4. The average Bonchev–Trinajstić information content (AvgIpc) is 3.06. The van der Waals surface area contributed by atoms with Gasteiger partial charge in [-0.15, -0.1) is 0 Å². The van der Waals surface area contributed by atoms with Crippen molar-refractivity contribution in [3.8, 4) is 0 Å². The number of nitrogens with one attached hydrogen (secondary N) is 2. The normalized spacial score (nSPS) is 13.9. The van der Waals surface area contributed by atoms with E-state index in [4.69, 9.17) is 5.11 Å². The Labute approximate surface area is 99.2 Å². The monoisotopic (exact) mass is 243 g/mol. The summed E-state index contributed by atoms with van der Waals surface area (Å²) in [6.07, 6.45) is 2.30. The molecule has 1 rings (SSSR count). The molecule has 3 N–H and O–H groups in total. The smallest absolute Gasteiger partial charge is 0.322 e. The first kappa shape index (κ1) is 13.3. The van der Waals surface area contributed by atoms with Crippen LogP contribution in [-0.2, 0) is 9.59 Å². The Hall–Kier alpha value is -1.79. The molecule has 1 fully saturated rings. The molecule has 0 spiro atoms. The Balaban J connectivity index is 2.13. The lowest BCUT2D eigenvalue weighted by atomic mass is 10.4. The highest BCUT2D eigenvalue weighted by atomic mass is 16.4. The zero-order valence-corrected chi connectivity index (χ0v) is 9.73. The summed E-state index contributed by atoms with van der Waals surface area (Å²) in [6.45, 7) is 0.0519. The van der Waals surface area contributed by atoms with Crippen LogP contribution in [0.4, 0.5) is 4.79 Å². The minimum absolute atomic E-state index is 0.207. The molecule has 1 saturated carbocycles. The second kappa shape index (κ2) is 6.07. The van der Waals surface area contributed by atoms with E-state index in [1.165, 1.54) is 4.90 Å². The Morgan fingerprint density at radius 3 is 2.41 bits per heavy atom. The summed E-state index contributed by atoms with van der Waals surface area (Å²) >= 11 is 0. The fourth-order valence-corrected chi connectivity index (χ4v) is 1.30. The highest BCUT2D eigenvalue weighted by Crippen LogP contribution is 2.29. The molecule has 0 aromatic rings. The Bertz CT molecular complexity index is 315. The zero-order valence-electron chi connectivity index (χ0n) is 9.73. The first-order valence-corrected chi connectivity index (χ1v) is 5.46. The van der Waals surface area contributed by atoms with Crippen LogP contribution in [0.5, 0.6) is 0 Å². The summed E-state index contributed by atoms with van der Waals surface area (Å²) in [5.41, 5.74) is 0. The lowest BCUT2D eigenvalue weighted by Crippen LogP contribution is -2.44. The molecule has 0 aromatic heterocycles. The number of carboxylic acid groups (broad SMARTS) is 1. The quantitative estimate of drug-likeness (QED) is 0.571. The van der Waals surface area contributed by atoms with Gasteiger partial charge in [-0.3, -0.25) is 9.59 Å². The van der Waals surface area contributed by atoms with E-state index in [2.05, 4.69) is 10.6 Å². The van der Waals surface area contributed by atoms with Crippen molar-refractivity contribution in [3.63, 3.8) is 0 Å². The van der Waals surface area contributed by atoms with Crippen LogP contribution >= 0.6 is 0 Å². The molecule has 0 aliphatic heterocycles. The number of hydrogen-bond acceptors (Lipinski definition) is 3. The third kappa shape index (κ3) is 5.74. The number of carbonyl (C=O) groups excluding carboxylic acids is 2. The first-order valence-electron chi connectivity index (χ1n) is 5.46. The molecule has 0 radical (unpaired) electrons. The third-order valence-corrected chi connectivity index (χ3v) is 2.41. The van der Waals surface area contributed by atoms with Crippen molar-refractivity contribution in [2.45, 2.75) is 12.8 Å². The average molecular weight is 243 g/mol. The van der Waals surface area contributed by atoms with E-state index in [0.29, 0.717) is 12.5 Å². The van der Waals surface area contributed by atoms with Gasteiger partial charge in [0.25, 0.3) is 0 Å². The largest absolute Gasteiger partial charge is 0.480 e. The van der Waals surface area contributed by atoms with Crippen molar-refractivity contribution in [2.24, 2.45) is 5.92 Å². The van der Waals surface area contributed by atoms with Gasteiger partial charge in [0, 0.05) is 13.6 Å². The lowest BCUT2D eigenvalue weighted by Gasteiger charge is -2.17. The number of aliphatic carboxylic acids is 1. The van der Waals surface area contributed by atoms with Crippen LogP contribution < -0.4 is 10.6 Å². The molecule has 7 heteroatoms. The molecule has 7 nitrogen and oxygen atoms in total. The van der Waals surface area contributed by atoms with Gasteiger partial charge in [0.05, 0.1) is 6.54 Å². The highest BCUT2D eigenvalue weighted by Gasteiger charge is 2.24. The summed E-state index contributed by atoms with van der Waals surface area (Å²) in [4.78, 5) is 34.3. The summed E-state index contributed by atoms with van der Waals surface area (Å²) in [6, 6.07) is -0.317. The van der Waals surface area contributed by atoms with E-state index in [0.717, 1.165) is 12.8 Å². The summed E-state index contributed by atoms with van der Waals surface area (Å²) in [7, 11) is 1.67. The molecular weight excluding hydrogens is 226 g/mol. The number of amides is 3. The molecule has 0 heterocycles. The minimum Gasteiger partial charge on any atom is -0.480 e. The molecule has 3 amide bonds. The van der Waals surface area contributed by atoms with Gasteiger partial charge in [-0.1, -0.05) is 0 Å².